The van der Waals surface area contributed by atoms with Gasteiger partial charge in [0.1, 0.15) is 5.56 Å². The molecule has 0 saturated carbocycles. The average molecular weight is 248 g/mol. The Hall–Kier alpha value is -2.42. The Bertz CT molecular complexity index is 505. The van der Waals surface area contributed by atoms with Crippen molar-refractivity contribution in [2.45, 2.75) is 19.8 Å². The molecule has 6 heteroatoms. The van der Waals surface area contributed by atoms with E-state index in [1.807, 2.05) is 6.07 Å². The van der Waals surface area contributed by atoms with Crippen molar-refractivity contribution in [1.82, 2.24) is 0 Å². The smallest absolute Gasteiger partial charge is 0.345 e. The van der Waals surface area contributed by atoms with Gasteiger partial charge in [0.2, 0.25) is 0 Å². The molecule has 1 aromatic carbocycles. The number of nitrogens with zero attached hydrogens (tertiary/aromatic N) is 2. The quantitative estimate of drug-likeness (QED) is 0.452. The van der Waals surface area contributed by atoms with Gasteiger partial charge in [0.05, 0.1) is 17.6 Å². The van der Waals surface area contributed by atoms with Crippen molar-refractivity contribution in [2.24, 2.45) is 0 Å². The molecular formula is C12H12N2O4. The lowest BCUT2D eigenvalue weighted by molar-refractivity contribution is -0.385. The molecule has 0 aliphatic carbocycles. The fourth-order valence-corrected chi connectivity index (χ4v) is 1.58. The number of nitriles is 1. The highest BCUT2D eigenvalue weighted by atomic mass is 16.6. The Morgan fingerprint density at radius 3 is 2.83 bits per heavy atom. The van der Waals surface area contributed by atoms with E-state index >= 15 is 0 Å². The molecule has 0 saturated heterocycles. The van der Waals surface area contributed by atoms with Crippen LogP contribution in [0.4, 0.5) is 5.69 Å². The van der Waals surface area contributed by atoms with E-state index in [1.165, 1.54) is 12.1 Å². The Morgan fingerprint density at radius 2 is 2.28 bits per heavy atom. The first-order valence-electron chi connectivity index (χ1n) is 5.42. The van der Waals surface area contributed by atoms with Crippen molar-refractivity contribution in [3.8, 4) is 6.07 Å². The second kappa shape index (κ2) is 6.35. The topological polar surface area (TPSA) is 93.2 Å². The zero-order valence-electron chi connectivity index (χ0n) is 9.88. The van der Waals surface area contributed by atoms with Gasteiger partial charge in [-0.1, -0.05) is 12.1 Å². The van der Waals surface area contributed by atoms with Gasteiger partial charge < -0.3 is 4.74 Å². The summed E-state index contributed by atoms with van der Waals surface area (Å²) in [6.07, 6.45) is 0.472. The third-order valence-electron chi connectivity index (χ3n) is 2.31. The molecule has 0 bridgehead atoms. The van der Waals surface area contributed by atoms with Gasteiger partial charge in [0, 0.05) is 12.5 Å². The molecule has 94 valence electrons. The maximum absolute atomic E-state index is 11.7. The zero-order valence-corrected chi connectivity index (χ0v) is 9.88. The van der Waals surface area contributed by atoms with Crippen molar-refractivity contribution in [3.05, 3.63) is 39.4 Å². The minimum absolute atomic E-state index is 0.0559. The van der Waals surface area contributed by atoms with Gasteiger partial charge >= 0.3 is 5.97 Å². The van der Waals surface area contributed by atoms with E-state index in [-0.39, 0.29) is 30.7 Å². The predicted octanol–water partition coefficient (Wildman–Crippen LogP) is 2.23. The van der Waals surface area contributed by atoms with Crippen LogP contribution in [0.5, 0.6) is 0 Å². The van der Waals surface area contributed by atoms with Crippen LogP contribution in [0.2, 0.25) is 0 Å². The number of carbonyl (C=O) groups excluding carboxylic acids is 1. The molecule has 0 atom stereocenters. The molecule has 0 heterocycles. The summed E-state index contributed by atoms with van der Waals surface area (Å²) in [6.45, 7) is 1.77. The first kappa shape index (κ1) is 13.6. The first-order chi connectivity index (χ1) is 8.61. The van der Waals surface area contributed by atoms with E-state index in [4.69, 9.17) is 10.00 Å². The molecule has 6 nitrogen and oxygen atoms in total. The highest BCUT2D eigenvalue weighted by Gasteiger charge is 2.24. The molecule has 0 N–H and O–H groups in total. The Kier molecular flexibility index (Phi) is 4.81. The molecule has 0 aliphatic heterocycles. The number of nitro groups is 1. The van der Waals surface area contributed by atoms with Crippen molar-refractivity contribution >= 4 is 11.7 Å². The number of ether oxygens (including phenoxy) is 1. The molecule has 1 aromatic rings. The summed E-state index contributed by atoms with van der Waals surface area (Å²) in [6, 6.07) is 6.28. The van der Waals surface area contributed by atoms with E-state index in [1.54, 1.807) is 13.0 Å². The van der Waals surface area contributed by atoms with E-state index in [9.17, 15) is 14.9 Å². The van der Waals surface area contributed by atoms with Gasteiger partial charge in [-0.25, -0.2) is 4.79 Å². The van der Waals surface area contributed by atoms with Crippen LogP contribution in [-0.4, -0.2) is 17.5 Å². The van der Waals surface area contributed by atoms with Crippen LogP contribution in [-0.2, 0) is 11.2 Å². The molecule has 0 spiro atoms. The molecule has 0 aromatic heterocycles. The Labute approximate surface area is 104 Å². The Balaban J connectivity index is 3.25. The number of nitro benzene ring substituents is 1. The van der Waals surface area contributed by atoms with Crippen LogP contribution in [0.15, 0.2) is 18.2 Å². The van der Waals surface area contributed by atoms with Crippen LogP contribution in [0.3, 0.4) is 0 Å². The first-order valence-corrected chi connectivity index (χ1v) is 5.42. The van der Waals surface area contributed by atoms with Gasteiger partial charge in [-0.2, -0.15) is 5.26 Å². The van der Waals surface area contributed by atoms with Gasteiger partial charge in [-0.3, -0.25) is 10.1 Å². The maximum atomic E-state index is 11.7. The second-order valence-electron chi connectivity index (χ2n) is 3.45. The zero-order chi connectivity index (χ0) is 13.5. The van der Waals surface area contributed by atoms with Gasteiger partial charge in [-0.15, -0.1) is 0 Å². The molecular weight excluding hydrogens is 236 g/mol. The summed E-state index contributed by atoms with van der Waals surface area (Å²) in [5, 5.41) is 19.4. The molecule has 18 heavy (non-hydrogen) atoms. The summed E-state index contributed by atoms with van der Waals surface area (Å²) in [7, 11) is 0. The normalized spacial score (nSPS) is 9.56. The molecule has 0 unspecified atom stereocenters. The number of benzene rings is 1. The lowest BCUT2D eigenvalue weighted by Gasteiger charge is -2.07. The fourth-order valence-electron chi connectivity index (χ4n) is 1.58. The predicted molar refractivity (Wildman–Crippen MR) is 63.0 cm³/mol. The minimum Gasteiger partial charge on any atom is -0.462 e. The summed E-state index contributed by atoms with van der Waals surface area (Å²) < 4.78 is 4.81. The highest BCUT2D eigenvalue weighted by molar-refractivity contribution is 5.95. The largest absolute Gasteiger partial charge is 0.462 e. The molecule has 1 rings (SSSR count). The second-order valence-corrected chi connectivity index (χ2v) is 3.45. The summed E-state index contributed by atoms with van der Waals surface area (Å²) >= 11 is 0. The van der Waals surface area contributed by atoms with Gasteiger partial charge in [0.25, 0.3) is 5.69 Å². The number of hydrogen-bond acceptors (Lipinski definition) is 5. The van der Waals surface area contributed by atoms with E-state index < -0.39 is 10.9 Å². The van der Waals surface area contributed by atoms with Gasteiger partial charge in [0.15, 0.2) is 0 Å². The van der Waals surface area contributed by atoms with Crippen LogP contribution < -0.4 is 0 Å². The summed E-state index contributed by atoms with van der Waals surface area (Å²) in [5.41, 5.74) is 0.118. The third-order valence-corrected chi connectivity index (χ3v) is 2.31. The standard InChI is InChI=1S/C12H12N2O4/c1-2-18-12(15)11-9(6-4-8-13)5-3-7-10(11)14(16)17/h3,5,7H,2,4,6H2,1H3. The SMILES string of the molecule is CCOC(=O)c1c(CCC#N)cccc1[N+](=O)[O-]. The summed E-state index contributed by atoms with van der Waals surface area (Å²) in [5.74, 6) is -0.724. The third kappa shape index (κ3) is 3.04. The van der Waals surface area contributed by atoms with Gasteiger partial charge in [-0.05, 0) is 18.9 Å². The van der Waals surface area contributed by atoms with E-state index in [0.717, 1.165) is 0 Å². The average Bonchev–Trinajstić information content (AvgIpc) is 2.35. The van der Waals surface area contributed by atoms with Crippen molar-refractivity contribution in [3.63, 3.8) is 0 Å². The van der Waals surface area contributed by atoms with Crippen molar-refractivity contribution in [2.75, 3.05) is 6.61 Å². The van der Waals surface area contributed by atoms with E-state index in [2.05, 4.69) is 0 Å². The van der Waals surface area contributed by atoms with Crippen LogP contribution in [0.25, 0.3) is 0 Å². The molecule has 0 amide bonds. The maximum Gasteiger partial charge on any atom is 0.345 e. The molecule has 0 aliphatic rings. The fraction of sp³-hybridized carbons (Fsp3) is 0.333. The van der Waals surface area contributed by atoms with Crippen LogP contribution in [0.1, 0.15) is 29.3 Å². The number of rotatable bonds is 5. The molecule has 0 fully saturated rings. The lowest BCUT2D eigenvalue weighted by atomic mass is 10.0. The van der Waals surface area contributed by atoms with Crippen LogP contribution >= 0.6 is 0 Å². The number of carbonyl (C=O) groups is 1. The monoisotopic (exact) mass is 248 g/mol. The van der Waals surface area contributed by atoms with E-state index in [0.29, 0.717) is 5.56 Å². The van der Waals surface area contributed by atoms with Crippen LogP contribution in [0, 0.1) is 21.4 Å². The van der Waals surface area contributed by atoms with Crippen molar-refractivity contribution in [1.29, 1.82) is 5.26 Å². The molecule has 0 radical (unpaired) electrons. The Morgan fingerprint density at radius 1 is 1.56 bits per heavy atom. The minimum atomic E-state index is -0.724. The van der Waals surface area contributed by atoms with Crippen molar-refractivity contribution < 1.29 is 14.5 Å². The number of hydrogen-bond donors (Lipinski definition) is 0. The highest BCUT2D eigenvalue weighted by Crippen LogP contribution is 2.24. The number of esters is 1. The number of aryl methyl sites for hydroxylation is 1. The lowest BCUT2D eigenvalue weighted by Crippen LogP contribution is -2.11. The summed E-state index contributed by atoms with van der Waals surface area (Å²) in [4.78, 5) is 22.0.